The van der Waals surface area contributed by atoms with Gasteiger partial charge in [-0.1, -0.05) is 48.8 Å². The first kappa shape index (κ1) is 19.4. The lowest BCUT2D eigenvalue weighted by Crippen LogP contribution is -2.31. The Morgan fingerprint density at radius 3 is 2.80 bits per heavy atom. The van der Waals surface area contributed by atoms with Crippen LogP contribution >= 0.6 is 23.4 Å². The lowest BCUT2D eigenvalue weighted by molar-refractivity contribution is -0.140. The molecule has 0 bridgehead atoms. The van der Waals surface area contributed by atoms with Gasteiger partial charge in [0, 0.05) is 17.4 Å². The third kappa shape index (κ3) is 5.52. The van der Waals surface area contributed by atoms with Gasteiger partial charge in [-0.25, -0.2) is 0 Å². The van der Waals surface area contributed by atoms with Crippen LogP contribution in [0.15, 0.2) is 34.9 Å². The van der Waals surface area contributed by atoms with Crippen LogP contribution in [0, 0.1) is 11.3 Å². The highest BCUT2D eigenvalue weighted by molar-refractivity contribution is 8.03. The van der Waals surface area contributed by atoms with Gasteiger partial charge in [0.2, 0.25) is 5.91 Å². The summed E-state index contributed by atoms with van der Waals surface area (Å²) in [5, 5.41) is 13.3. The number of nitrogens with one attached hydrogen (secondary N) is 1. The van der Waals surface area contributed by atoms with Gasteiger partial charge in [-0.3, -0.25) is 9.59 Å². The average molecular weight is 379 g/mol. The summed E-state index contributed by atoms with van der Waals surface area (Å²) in [5.41, 5.74) is 1.30. The van der Waals surface area contributed by atoms with Crippen LogP contribution in [0.1, 0.15) is 37.7 Å². The van der Waals surface area contributed by atoms with Crippen molar-refractivity contribution in [2.75, 3.05) is 12.4 Å². The maximum atomic E-state index is 12.0. The number of amides is 1. The fourth-order valence-corrected chi connectivity index (χ4v) is 3.42. The summed E-state index contributed by atoms with van der Waals surface area (Å²) in [6.45, 7) is 2.40. The number of thioether (sulfide) groups is 1. The van der Waals surface area contributed by atoms with Gasteiger partial charge in [0.25, 0.3) is 0 Å². The van der Waals surface area contributed by atoms with Crippen LogP contribution in [-0.4, -0.2) is 24.2 Å². The zero-order valence-corrected chi connectivity index (χ0v) is 15.5. The fourth-order valence-electron chi connectivity index (χ4n) is 2.42. The summed E-state index contributed by atoms with van der Waals surface area (Å²) in [7, 11) is 0. The van der Waals surface area contributed by atoms with E-state index in [1.54, 1.807) is 12.1 Å². The SMILES string of the molecule is CCCCOC(=O)CSC1=C(C#N)[C@H](c2ccc(Cl)cc2)CC(=O)N1. The van der Waals surface area contributed by atoms with Crippen LogP contribution in [0.25, 0.3) is 0 Å². The lowest BCUT2D eigenvalue weighted by Gasteiger charge is -2.25. The van der Waals surface area contributed by atoms with E-state index in [1.165, 1.54) is 0 Å². The molecule has 0 aromatic heterocycles. The van der Waals surface area contributed by atoms with Gasteiger partial charge in [0.1, 0.15) is 0 Å². The Bertz CT molecular complexity index is 710. The molecular formula is C18H19ClN2O3S. The van der Waals surface area contributed by atoms with E-state index < -0.39 is 0 Å². The summed E-state index contributed by atoms with van der Waals surface area (Å²) in [6.07, 6.45) is 1.95. The number of rotatable bonds is 7. The zero-order chi connectivity index (χ0) is 18.2. The van der Waals surface area contributed by atoms with Gasteiger partial charge >= 0.3 is 5.97 Å². The second-order valence-electron chi connectivity index (χ2n) is 5.57. The number of carbonyl (C=O) groups is 2. The molecule has 7 heteroatoms. The Hall–Kier alpha value is -1.97. The van der Waals surface area contributed by atoms with E-state index in [-0.39, 0.29) is 30.0 Å². The first-order chi connectivity index (χ1) is 12.0. The molecule has 25 heavy (non-hydrogen) atoms. The van der Waals surface area contributed by atoms with E-state index in [2.05, 4.69) is 11.4 Å². The molecule has 0 fully saturated rings. The molecule has 1 aromatic rings. The van der Waals surface area contributed by atoms with Gasteiger partial charge in [-0.05, 0) is 24.1 Å². The highest BCUT2D eigenvalue weighted by Gasteiger charge is 2.29. The van der Waals surface area contributed by atoms with Crippen molar-refractivity contribution in [1.82, 2.24) is 5.32 Å². The third-order valence-electron chi connectivity index (χ3n) is 3.72. The highest BCUT2D eigenvalue weighted by atomic mass is 35.5. The van der Waals surface area contributed by atoms with Gasteiger partial charge in [0.15, 0.2) is 0 Å². The van der Waals surface area contributed by atoms with E-state index in [0.717, 1.165) is 30.2 Å². The second-order valence-corrected chi connectivity index (χ2v) is 7.00. The molecule has 1 N–H and O–H groups in total. The molecule has 1 amide bonds. The smallest absolute Gasteiger partial charge is 0.316 e. The number of allylic oxidation sites excluding steroid dienone is 1. The van der Waals surface area contributed by atoms with Crippen molar-refractivity contribution in [3.63, 3.8) is 0 Å². The predicted molar refractivity (Wildman–Crippen MR) is 97.9 cm³/mol. The molecule has 0 saturated heterocycles. The molecule has 0 unspecified atom stereocenters. The first-order valence-corrected chi connectivity index (χ1v) is 9.39. The fraction of sp³-hybridized carbons (Fsp3) is 0.389. The van der Waals surface area contributed by atoms with Crippen LogP contribution in [-0.2, 0) is 14.3 Å². The van der Waals surface area contributed by atoms with E-state index >= 15 is 0 Å². The van der Waals surface area contributed by atoms with Crippen LogP contribution in [0.5, 0.6) is 0 Å². The number of nitriles is 1. The number of unbranched alkanes of at least 4 members (excludes halogenated alkanes) is 1. The summed E-state index contributed by atoms with van der Waals surface area (Å²) in [6, 6.07) is 9.26. The van der Waals surface area contributed by atoms with E-state index in [4.69, 9.17) is 16.3 Å². The molecule has 1 heterocycles. The van der Waals surface area contributed by atoms with Crippen LogP contribution < -0.4 is 5.32 Å². The van der Waals surface area contributed by atoms with Crippen molar-refractivity contribution >= 4 is 35.2 Å². The number of hydrogen-bond donors (Lipinski definition) is 1. The summed E-state index contributed by atoms with van der Waals surface area (Å²) >= 11 is 7.03. The van der Waals surface area contributed by atoms with Crippen molar-refractivity contribution in [3.8, 4) is 6.07 Å². The molecule has 0 spiro atoms. The second kappa shape index (κ2) is 9.50. The Morgan fingerprint density at radius 2 is 2.16 bits per heavy atom. The van der Waals surface area contributed by atoms with Crippen LogP contribution in [0.4, 0.5) is 0 Å². The topological polar surface area (TPSA) is 79.2 Å². The normalized spacial score (nSPS) is 17.0. The lowest BCUT2D eigenvalue weighted by atomic mass is 9.87. The zero-order valence-electron chi connectivity index (χ0n) is 13.9. The van der Waals surface area contributed by atoms with Crippen LogP contribution in [0.2, 0.25) is 5.02 Å². The predicted octanol–water partition coefficient (Wildman–Crippen LogP) is 3.76. The number of hydrogen-bond acceptors (Lipinski definition) is 5. The standard InChI is InChI=1S/C18H19ClN2O3S/c1-2-3-8-24-17(23)11-25-18-15(10-20)14(9-16(22)21-18)12-4-6-13(19)7-5-12/h4-7,14H,2-3,8-9,11H2,1H3,(H,21,22)/t14-/m0/s1. The molecular weight excluding hydrogens is 360 g/mol. The molecule has 0 aliphatic carbocycles. The average Bonchev–Trinajstić information content (AvgIpc) is 2.60. The van der Waals surface area contributed by atoms with Crippen molar-refractivity contribution in [2.24, 2.45) is 0 Å². The minimum atomic E-state index is -0.355. The monoisotopic (exact) mass is 378 g/mol. The Balaban J connectivity index is 2.13. The molecule has 1 aliphatic heterocycles. The Labute approximate surface area is 156 Å². The first-order valence-electron chi connectivity index (χ1n) is 8.03. The van der Waals surface area contributed by atoms with Crippen molar-refractivity contribution in [1.29, 1.82) is 5.26 Å². The van der Waals surface area contributed by atoms with Gasteiger partial charge in [0.05, 0.1) is 29.0 Å². The Kier molecular flexibility index (Phi) is 7.35. The quantitative estimate of drug-likeness (QED) is 0.577. The van der Waals surface area contributed by atoms with Gasteiger partial charge in [-0.15, -0.1) is 0 Å². The minimum absolute atomic E-state index is 0.0534. The molecule has 5 nitrogen and oxygen atoms in total. The molecule has 1 aliphatic rings. The highest BCUT2D eigenvalue weighted by Crippen LogP contribution is 2.36. The maximum absolute atomic E-state index is 12.0. The Morgan fingerprint density at radius 1 is 1.44 bits per heavy atom. The minimum Gasteiger partial charge on any atom is -0.465 e. The van der Waals surface area contributed by atoms with Crippen molar-refractivity contribution < 1.29 is 14.3 Å². The summed E-state index contributed by atoms with van der Waals surface area (Å²) in [4.78, 5) is 23.8. The van der Waals surface area contributed by atoms with Crippen molar-refractivity contribution in [3.05, 3.63) is 45.5 Å². The molecule has 0 saturated carbocycles. The summed E-state index contributed by atoms with van der Waals surface area (Å²) < 4.78 is 5.10. The number of esters is 1. The molecule has 132 valence electrons. The van der Waals surface area contributed by atoms with Crippen molar-refractivity contribution in [2.45, 2.75) is 32.1 Å². The van der Waals surface area contributed by atoms with E-state index in [0.29, 0.717) is 22.2 Å². The number of ether oxygens (including phenoxy) is 1. The maximum Gasteiger partial charge on any atom is 0.316 e. The van der Waals surface area contributed by atoms with Gasteiger partial charge < -0.3 is 10.1 Å². The molecule has 2 rings (SSSR count). The van der Waals surface area contributed by atoms with E-state index in [9.17, 15) is 14.9 Å². The van der Waals surface area contributed by atoms with E-state index in [1.807, 2.05) is 19.1 Å². The molecule has 0 radical (unpaired) electrons. The van der Waals surface area contributed by atoms with Crippen LogP contribution in [0.3, 0.4) is 0 Å². The molecule has 1 aromatic carbocycles. The van der Waals surface area contributed by atoms with Gasteiger partial charge in [-0.2, -0.15) is 5.26 Å². The third-order valence-corrected chi connectivity index (χ3v) is 4.97. The summed E-state index contributed by atoms with van der Waals surface area (Å²) in [5.74, 6) is -0.820. The number of nitrogens with zero attached hydrogens (tertiary/aromatic N) is 1. The largest absolute Gasteiger partial charge is 0.465 e. The number of halogens is 1. The molecule has 1 atom stereocenters. The number of carbonyl (C=O) groups excluding carboxylic acids is 2. The number of benzene rings is 1.